The molecule has 2 aromatic heterocycles. The lowest BCUT2D eigenvalue weighted by Gasteiger charge is -2.18. The second-order valence-electron chi connectivity index (χ2n) is 14.9. The molecule has 0 aliphatic carbocycles. The van der Waals surface area contributed by atoms with Crippen LogP contribution in [0.1, 0.15) is 22.3 Å². The summed E-state index contributed by atoms with van der Waals surface area (Å²) in [6, 6.07) is 34.8. The van der Waals surface area contributed by atoms with Gasteiger partial charge in [0.15, 0.2) is 17.5 Å². The molecular formula is C49H26F12N4. The zero-order valence-corrected chi connectivity index (χ0v) is 32.8. The molecule has 0 fully saturated rings. The van der Waals surface area contributed by atoms with E-state index in [9.17, 15) is 52.7 Å². The highest BCUT2D eigenvalue weighted by molar-refractivity contribution is 6.10. The number of hydrogen-bond donors (Lipinski definition) is 0. The number of rotatable bonds is 6. The van der Waals surface area contributed by atoms with E-state index in [1.54, 1.807) is 89.5 Å². The molecule has 0 spiro atoms. The summed E-state index contributed by atoms with van der Waals surface area (Å²) in [5.41, 5.74) is -5.53. The largest absolute Gasteiger partial charge is 0.416 e. The summed E-state index contributed by atoms with van der Waals surface area (Å²) in [7, 11) is 0. The number of halogens is 12. The molecule has 0 N–H and O–H groups in total. The van der Waals surface area contributed by atoms with Crippen molar-refractivity contribution in [2.75, 3.05) is 0 Å². The topological polar surface area (TPSA) is 43.6 Å². The highest BCUT2D eigenvalue weighted by atomic mass is 19.4. The third-order valence-corrected chi connectivity index (χ3v) is 10.7. The van der Waals surface area contributed by atoms with Gasteiger partial charge in [0.25, 0.3) is 0 Å². The van der Waals surface area contributed by atoms with Crippen LogP contribution in [0.5, 0.6) is 0 Å². The number of aromatic nitrogens is 4. The molecule has 0 atom stereocenters. The van der Waals surface area contributed by atoms with Crippen molar-refractivity contribution in [1.82, 2.24) is 19.5 Å². The van der Waals surface area contributed by atoms with Gasteiger partial charge in [0.05, 0.1) is 33.3 Å². The first kappa shape index (κ1) is 42.8. The Hall–Kier alpha value is -7.49. The average molecular weight is 899 g/mol. The summed E-state index contributed by atoms with van der Waals surface area (Å²) in [5, 5.41) is 1.05. The van der Waals surface area contributed by atoms with Gasteiger partial charge in [-0.1, -0.05) is 91.0 Å². The van der Waals surface area contributed by atoms with Crippen molar-refractivity contribution < 1.29 is 52.7 Å². The lowest BCUT2D eigenvalue weighted by atomic mass is 9.94. The van der Waals surface area contributed by atoms with Crippen LogP contribution in [0.2, 0.25) is 0 Å². The van der Waals surface area contributed by atoms with E-state index in [1.165, 1.54) is 36.4 Å². The van der Waals surface area contributed by atoms with E-state index in [0.717, 1.165) is 0 Å². The fourth-order valence-electron chi connectivity index (χ4n) is 7.69. The molecule has 326 valence electrons. The smallest absolute Gasteiger partial charge is 0.309 e. The van der Waals surface area contributed by atoms with E-state index in [4.69, 9.17) is 0 Å². The summed E-state index contributed by atoms with van der Waals surface area (Å²) in [6.45, 7) is 0. The Kier molecular flexibility index (Phi) is 10.3. The Bertz CT molecular complexity index is 3140. The maximum absolute atomic E-state index is 14.4. The monoisotopic (exact) mass is 898 g/mol. The minimum absolute atomic E-state index is 0.00284. The maximum atomic E-state index is 14.4. The fourth-order valence-corrected chi connectivity index (χ4v) is 7.69. The summed E-state index contributed by atoms with van der Waals surface area (Å²) >= 11 is 0. The zero-order chi connectivity index (χ0) is 46.1. The molecule has 65 heavy (non-hydrogen) atoms. The minimum atomic E-state index is -5.22. The normalized spacial score (nSPS) is 12.6. The third kappa shape index (κ3) is 8.39. The Morgan fingerprint density at radius 1 is 0.308 bits per heavy atom. The Labute approximate surface area is 360 Å². The molecule has 9 rings (SSSR count). The first-order chi connectivity index (χ1) is 30.7. The molecule has 4 nitrogen and oxygen atoms in total. The lowest BCUT2D eigenvalue weighted by molar-refractivity contribution is -0.144. The van der Waals surface area contributed by atoms with Crippen LogP contribution in [0, 0.1) is 0 Å². The number of fused-ring (bicyclic) bond motifs is 3. The molecule has 0 bridgehead atoms. The molecule has 0 saturated carbocycles. The highest BCUT2D eigenvalue weighted by Crippen LogP contribution is 2.44. The van der Waals surface area contributed by atoms with Crippen LogP contribution in [0.4, 0.5) is 52.7 Å². The molecular weight excluding hydrogens is 873 g/mol. The maximum Gasteiger partial charge on any atom is 0.416 e. The summed E-state index contributed by atoms with van der Waals surface area (Å²) in [5.74, 6) is 0.171. The molecule has 16 heteroatoms. The summed E-state index contributed by atoms with van der Waals surface area (Å²) in [4.78, 5) is 14.0. The van der Waals surface area contributed by atoms with E-state index in [1.807, 2.05) is 0 Å². The lowest BCUT2D eigenvalue weighted by Crippen LogP contribution is -2.11. The number of para-hydroxylation sites is 1. The van der Waals surface area contributed by atoms with Gasteiger partial charge in [-0.2, -0.15) is 52.7 Å². The zero-order valence-electron chi connectivity index (χ0n) is 32.8. The van der Waals surface area contributed by atoms with Crippen molar-refractivity contribution in [2.24, 2.45) is 0 Å². The molecule has 9 aromatic rings. The van der Waals surface area contributed by atoms with Crippen LogP contribution in [-0.4, -0.2) is 19.5 Å². The molecule has 0 radical (unpaired) electrons. The number of hydrogen-bond acceptors (Lipinski definition) is 3. The first-order valence-corrected chi connectivity index (χ1v) is 19.4. The van der Waals surface area contributed by atoms with E-state index < -0.39 is 58.1 Å². The van der Waals surface area contributed by atoms with Gasteiger partial charge in [-0.25, -0.2) is 15.0 Å². The minimum Gasteiger partial charge on any atom is -0.309 e. The first-order valence-electron chi connectivity index (χ1n) is 19.4. The molecule has 2 heterocycles. The number of nitrogens with zero attached hydrogens (tertiary/aromatic N) is 4. The molecule has 0 aliphatic rings. The van der Waals surface area contributed by atoms with Gasteiger partial charge in [0.2, 0.25) is 0 Å². The summed E-state index contributed by atoms with van der Waals surface area (Å²) < 4.78 is 172. The van der Waals surface area contributed by atoms with Crippen molar-refractivity contribution >= 4 is 21.8 Å². The van der Waals surface area contributed by atoms with Crippen LogP contribution in [0.15, 0.2) is 158 Å². The second kappa shape index (κ2) is 15.6. The Morgan fingerprint density at radius 2 is 0.754 bits per heavy atom. The van der Waals surface area contributed by atoms with Gasteiger partial charge in [-0.05, 0) is 89.0 Å². The Morgan fingerprint density at radius 3 is 1.26 bits per heavy atom. The van der Waals surface area contributed by atoms with Gasteiger partial charge < -0.3 is 4.57 Å². The number of benzene rings is 7. The molecule has 0 unspecified atom stereocenters. The van der Waals surface area contributed by atoms with Crippen LogP contribution in [0.25, 0.3) is 83.9 Å². The predicted molar refractivity (Wildman–Crippen MR) is 221 cm³/mol. The Balaban J connectivity index is 1.34. The fraction of sp³-hybridized carbons (Fsp3) is 0.0816. The number of alkyl halides is 12. The SMILES string of the molecule is FC(F)(F)c1cc(-c2ccc3c4ccccc4n(-c4ccc(-c5nc(-c6ccccc6)nc(-c6ccccc6)n5)c(-c5cc(C(F)(F)F)cc(C(F)(F)F)c5)c4)c3c2)cc(C(F)(F)F)c1. The average Bonchev–Trinajstić information content (AvgIpc) is 3.61. The third-order valence-electron chi connectivity index (χ3n) is 10.7. The van der Waals surface area contributed by atoms with Crippen molar-refractivity contribution in [3.63, 3.8) is 0 Å². The standard InChI is InChI=1S/C49H26F12N4/c50-46(51,52)32-19-30(20-33(24-32)47(53,54)55)29-15-17-38-37-13-7-8-14-41(37)65(42(38)23-29)36-16-18-39(40(26-36)31-21-34(48(56,57)58)25-35(22-31)49(59,60)61)45-63-43(27-9-3-1-4-10-27)62-44(64-45)28-11-5-2-6-12-28/h1-26H. The van der Waals surface area contributed by atoms with Crippen molar-refractivity contribution in [2.45, 2.75) is 24.7 Å². The van der Waals surface area contributed by atoms with E-state index in [-0.39, 0.29) is 57.5 Å². The molecule has 0 amide bonds. The van der Waals surface area contributed by atoms with E-state index >= 15 is 0 Å². The van der Waals surface area contributed by atoms with Crippen molar-refractivity contribution in [1.29, 1.82) is 0 Å². The predicted octanol–water partition coefficient (Wildman–Crippen LogP) is 15.4. The van der Waals surface area contributed by atoms with Crippen LogP contribution < -0.4 is 0 Å². The van der Waals surface area contributed by atoms with Gasteiger partial charge in [-0.3, -0.25) is 0 Å². The van der Waals surface area contributed by atoms with Crippen LogP contribution in [0.3, 0.4) is 0 Å². The van der Waals surface area contributed by atoms with Gasteiger partial charge >= 0.3 is 24.7 Å². The van der Waals surface area contributed by atoms with Crippen LogP contribution >= 0.6 is 0 Å². The molecule has 7 aromatic carbocycles. The molecule has 0 saturated heterocycles. The quantitative estimate of drug-likeness (QED) is 0.156. The summed E-state index contributed by atoms with van der Waals surface area (Å²) in [6.07, 6.45) is -20.7. The van der Waals surface area contributed by atoms with Gasteiger partial charge in [0.1, 0.15) is 0 Å². The van der Waals surface area contributed by atoms with Crippen LogP contribution in [-0.2, 0) is 24.7 Å². The van der Waals surface area contributed by atoms with Gasteiger partial charge in [-0.15, -0.1) is 0 Å². The highest BCUT2D eigenvalue weighted by Gasteiger charge is 2.39. The van der Waals surface area contributed by atoms with E-state index in [2.05, 4.69) is 15.0 Å². The van der Waals surface area contributed by atoms with Crippen molar-refractivity contribution in [3.8, 4) is 62.1 Å². The van der Waals surface area contributed by atoms with E-state index in [0.29, 0.717) is 51.7 Å². The molecule has 0 aliphatic heterocycles. The second-order valence-corrected chi connectivity index (χ2v) is 14.9. The van der Waals surface area contributed by atoms with Gasteiger partial charge in [0, 0.05) is 33.2 Å². The van der Waals surface area contributed by atoms with Crippen molar-refractivity contribution in [3.05, 3.63) is 180 Å².